The van der Waals surface area contributed by atoms with Crippen molar-refractivity contribution in [2.45, 2.75) is 137 Å². The monoisotopic (exact) mass is 532 g/mol. The molecule has 0 aromatic carbocycles. The van der Waals surface area contributed by atoms with Crippen LogP contribution in [0, 0.1) is 12.8 Å². The Labute approximate surface area is 221 Å². The number of nitrogens with zero attached hydrogens (tertiary/aromatic N) is 1. The molecule has 2 nitrogen and oxygen atoms in total. The van der Waals surface area contributed by atoms with Crippen molar-refractivity contribution in [1.29, 1.82) is 0 Å². The average Bonchev–Trinajstić information content (AvgIpc) is 2.83. The second-order valence-corrected chi connectivity index (χ2v) is 10.1. The first-order valence-electron chi connectivity index (χ1n) is 13.2. The second kappa shape index (κ2) is 33.7. The Kier molecular flexibility index (Phi) is 39.1. The van der Waals surface area contributed by atoms with Gasteiger partial charge in [0.2, 0.25) is 0 Å². The van der Waals surface area contributed by atoms with Crippen molar-refractivity contribution in [3.05, 3.63) is 12.8 Å². The van der Waals surface area contributed by atoms with Gasteiger partial charge < -0.3 is 17.7 Å². The number of unbranched alkanes of at least 4 members (excludes halogenated alkanes) is 14. The van der Waals surface area contributed by atoms with Gasteiger partial charge in [0.15, 0.2) is 0 Å². The van der Waals surface area contributed by atoms with E-state index in [4.69, 9.17) is 16.1 Å². The fraction of sp³-hybridized carbons (Fsp3) is 0.889. The molecule has 0 aliphatic heterocycles. The molecule has 0 aromatic heterocycles. The fourth-order valence-corrected chi connectivity index (χ4v) is 4.68. The first kappa shape index (κ1) is 37.1. The van der Waals surface area contributed by atoms with Gasteiger partial charge in [-0.1, -0.05) is 116 Å². The molecule has 0 aliphatic rings. The van der Waals surface area contributed by atoms with Gasteiger partial charge in [-0.25, -0.2) is 0 Å². The van der Waals surface area contributed by atoms with E-state index in [1.807, 2.05) is 0 Å². The van der Waals surface area contributed by atoms with Crippen molar-refractivity contribution in [3.63, 3.8) is 0 Å². The van der Waals surface area contributed by atoms with Gasteiger partial charge in [-0.3, -0.25) is 0 Å². The average molecular weight is 533 g/mol. The Morgan fingerprint density at radius 2 is 1.16 bits per heavy atom. The van der Waals surface area contributed by atoms with Crippen LogP contribution >= 0.6 is 24.0 Å². The molecule has 0 aliphatic carbocycles. The molecule has 0 saturated heterocycles. The van der Waals surface area contributed by atoms with Gasteiger partial charge in [0.05, 0.1) is 0 Å². The summed E-state index contributed by atoms with van der Waals surface area (Å²) in [4.78, 5) is 2.23. The van der Waals surface area contributed by atoms with Crippen molar-refractivity contribution in [2.75, 3.05) is 18.8 Å². The van der Waals surface area contributed by atoms with Crippen molar-refractivity contribution in [3.8, 4) is 0 Å². The van der Waals surface area contributed by atoms with Gasteiger partial charge in [0, 0.05) is 13.1 Å². The Bertz CT molecular complexity index is 341. The zero-order valence-corrected chi connectivity index (χ0v) is 24.8. The second-order valence-electron chi connectivity index (χ2n) is 8.49. The van der Waals surface area contributed by atoms with Gasteiger partial charge >= 0.3 is 19.5 Å². The molecular weight excluding hydrogens is 477 g/mol. The minimum atomic E-state index is 1.02. The van der Waals surface area contributed by atoms with Gasteiger partial charge in [0.25, 0.3) is 0 Å². The summed E-state index contributed by atoms with van der Waals surface area (Å²) in [6, 6.07) is 0. The first-order chi connectivity index (χ1) is 15.6. The minimum absolute atomic E-state index is 1.02. The predicted octanol–water partition coefficient (Wildman–Crippen LogP) is 9.92. The maximum atomic E-state index is 7.94. The summed E-state index contributed by atoms with van der Waals surface area (Å²) in [5.74, 6) is 2.59. The van der Waals surface area contributed by atoms with Crippen LogP contribution in [0.5, 0.6) is 0 Å². The molecule has 0 radical (unpaired) electrons. The van der Waals surface area contributed by atoms with E-state index in [1.165, 1.54) is 95.8 Å². The summed E-state index contributed by atoms with van der Waals surface area (Å²) < 4.78 is 8.98. The Balaban J connectivity index is -0.000000502. The van der Waals surface area contributed by atoms with Gasteiger partial charge in [-0.2, -0.15) is 19.8 Å². The van der Waals surface area contributed by atoms with Crippen molar-refractivity contribution in [2.24, 2.45) is 0 Å². The summed E-state index contributed by atoms with van der Waals surface area (Å²) in [6.07, 6.45) is 22.5. The first-order valence-corrected chi connectivity index (χ1v) is 15.0. The normalized spacial score (nSPS) is 10.2. The zero-order valence-electron chi connectivity index (χ0n) is 22.1. The van der Waals surface area contributed by atoms with Crippen LogP contribution in [0.1, 0.15) is 137 Å². The molecule has 32 heavy (non-hydrogen) atoms. The summed E-state index contributed by atoms with van der Waals surface area (Å²) in [6.45, 7) is 16.9. The van der Waals surface area contributed by atoms with E-state index in [9.17, 15) is 0 Å². The summed E-state index contributed by atoms with van der Waals surface area (Å²) in [7, 11) is 0. The summed E-state index contributed by atoms with van der Waals surface area (Å²) in [5, 5.41) is 0. The van der Waals surface area contributed by atoms with Crippen molar-refractivity contribution in [1.82, 2.24) is 4.90 Å². The van der Waals surface area contributed by atoms with Crippen LogP contribution in [-0.2, 0) is 19.5 Å². The number of thioether (sulfide) groups is 1. The number of rotatable bonds is 19. The Hall–Kier alpha value is 0.546. The summed E-state index contributed by atoms with van der Waals surface area (Å²) >= 11 is 9.41. The predicted molar refractivity (Wildman–Crippen MR) is 148 cm³/mol. The van der Waals surface area contributed by atoms with E-state index >= 15 is 0 Å². The third-order valence-electron chi connectivity index (χ3n) is 5.67. The Morgan fingerprint density at radius 3 is 1.47 bits per heavy atom. The van der Waals surface area contributed by atoms with E-state index in [1.54, 1.807) is 11.8 Å². The third kappa shape index (κ3) is 30.5. The Morgan fingerprint density at radius 1 is 0.781 bits per heavy atom. The standard InChI is InChI=1S/C17H35.C10H20NS2.Co.O/c1-3-5-7-9-11-13-15-17-16-14-12-10-8-6-4-2;1-5-9(4)8-13-10(12)11(6-2)7-3;;/h1,3-17H2,2H3;5-8H2,1-4H3;;/q2*-1;;. The molecule has 0 amide bonds. The van der Waals surface area contributed by atoms with Crippen LogP contribution in [0.15, 0.2) is 0 Å². The summed E-state index contributed by atoms with van der Waals surface area (Å²) in [5.41, 5.74) is 0. The number of thiocarbonyl (C=S) groups is 1. The zero-order chi connectivity index (χ0) is 24.9. The third-order valence-corrected chi connectivity index (χ3v) is 7.42. The number of hydrogen-bond acceptors (Lipinski definition) is 3. The van der Waals surface area contributed by atoms with Crippen LogP contribution in [0.2, 0.25) is 0 Å². The molecule has 5 heteroatoms. The maximum absolute atomic E-state index is 7.94. The van der Waals surface area contributed by atoms with Crippen LogP contribution in [0.25, 0.3) is 0 Å². The topological polar surface area (TPSA) is 20.3 Å². The molecule has 0 N–H and O–H groups in total. The van der Waals surface area contributed by atoms with E-state index in [0.717, 1.165) is 36.0 Å². The van der Waals surface area contributed by atoms with Gasteiger partial charge in [-0.15, -0.1) is 17.5 Å². The molecule has 0 saturated carbocycles. The van der Waals surface area contributed by atoms with Gasteiger partial charge in [0.1, 0.15) is 4.32 Å². The van der Waals surface area contributed by atoms with E-state index in [-0.39, 0.29) is 0 Å². The van der Waals surface area contributed by atoms with Crippen LogP contribution in [-0.4, -0.2) is 28.1 Å². The molecule has 197 valence electrons. The van der Waals surface area contributed by atoms with Crippen molar-refractivity contribution >= 4 is 28.3 Å². The van der Waals surface area contributed by atoms with E-state index < -0.39 is 0 Å². The number of hydrogen-bond donors (Lipinski definition) is 0. The molecule has 0 heterocycles. The molecule has 0 atom stereocenters. The molecule has 0 rings (SSSR count). The van der Waals surface area contributed by atoms with Crippen LogP contribution in [0.4, 0.5) is 0 Å². The van der Waals surface area contributed by atoms with Gasteiger partial charge in [-0.05, 0) is 13.8 Å². The fourth-order valence-electron chi connectivity index (χ4n) is 3.23. The van der Waals surface area contributed by atoms with E-state index in [0.29, 0.717) is 0 Å². The van der Waals surface area contributed by atoms with Crippen molar-refractivity contribution < 1.29 is 19.5 Å². The molecular formula is C27H55CoNOS2-2. The van der Waals surface area contributed by atoms with Crippen LogP contribution < -0.4 is 0 Å². The quantitative estimate of drug-likeness (QED) is 0.0936. The SMILES string of the molecule is CC[C-](C)CSC(=S)N(CC)CC.[CH2-]CCCCCCCCCCCCCCCC.[O]=[Co]. The van der Waals surface area contributed by atoms with E-state index in [2.05, 4.69) is 62.1 Å². The molecule has 0 bridgehead atoms. The van der Waals surface area contributed by atoms with Crippen LogP contribution in [0.3, 0.4) is 0 Å². The molecule has 0 fully saturated rings. The molecule has 0 aromatic rings. The molecule has 0 unspecified atom stereocenters. The molecule has 0 spiro atoms.